The minimum Gasteiger partial charge on any atom is -0.464 e. The lowest BCUT2D eigenvalue weighted by atomic mass is 9.99. The predicted molar refractivity (Wildman–Crippen MR) is 208 cm³/mol. The van der Waals surface area contributed by atoms with E-state index in [0.29, 0.717) is 35.9 Å². The Bertz CT molecular complexity index is 1930. The van der Waals surface area contributed by atoms with Gasteiger partial charge in [-0.2, -0.15) is 9.97 Å². The molecular weight excluding hydrogens is 677 g/mol. The fourth-order valence-corrected chi connectivity index (χ4v) is 7.12. The smallest absolute Gasteiger partial charge is 0.323 e. The zero-order valence-electron chi connectivity index (χ0n) is 31.4. The second-order valence-corrected chi connectivity index (χ2v) is 15.2. The van der Waals surface area contributed by atoms with E-state index in [2.05, 4.69) is 27.3 Å². The lowest BCUT2D eigenvalue weighted by Gasteiger charge is -2.25. The van der Waals surface area contributed by atoms with Gasteiger partial charge in [0, 0.05) is 17.8 Å². The van der Waals surface area contributed by atoms with E-state index >= 15 is 0 Å². The maximum atomic E-state index is 12.9. The molecule has 278 valence electrons. The van der Waals surface area contributed by atoms with Gasteiger partial charge < -0.3 is 29.6 Å². The Morgan fingerprint density at radius 3 is 2.50 bits per heavy atom. The van der Waals surface area contributed by atoms with E-state index in [9.17, 15) is 4.79 Å². The molecule has 3 heterocycles. The van der Waals surface area contributed by atoms with Gasteiger partial charge in [-0.1, -0.05) is 108 Å². The topological polar surface area (TPSA) is 148 Å². The van der Waals surface area contributed by atoms with Crippen LogP contribution in [0.3, 0.4) is 0 Å². The minimum absolute atomic E-state index is 0.112. The first-order valence-corrected chi connectivity index (χ1v) is 19.1. The van der Waals surface area contributed by atoms with E-state index < -0.39 is 14.6 Å². The van der Waals surface area contributed by atoms with Gasteiger partial charge in [0.05, 0.1) is 19.3 Å². The Labute approximate surface area is 307 Å². The molecule has 0 bridgehead atoms. The highest BCUT2D eigenvalue weighted by Gasteiger charge is 2.37. The molecule has 0 aliphatic carbocycles. The summed E-state index contributed by atoms with van der Waals surface area (Å²) in [5.41, 5.74) is 8.39. The van der Waals surface area contributed by atoms with Crippen LogP contribution in [0.1, 0.15) is 72.5 Å². The van der Waals surface area contributed by atoms with E-state index in [-0.39, 0.29) is 42.2 Å². The molecule has 52 heavy (non-hydrogen) atoms. The average molecular weight is 730 g/mol. The van der Waals surface area contributed by atoms with Crippen molar-refractivity contribution in [3.8, 4) is 5.75 Å². The molecule has 0 spiro atoms. The van der Waals surface area contributed by atoms with Crippen LogP contribution in [0.15, 0.2) is 72.8 Å². The Morgan fingerprint density at radius 1 is 1.04 bits per heavy atom. The lowest BCUT2D eigenvalue weighted by molar-refractivity contribution is -0.148. The van der Waals surface area contributed by atoms with Crippen LogP contribution >= 0.6 is 8.53 Å². The summed E-state index contributed by atoms with van der Waals surface area (Å²) >= 11 is 0. The fourth-order valence-electron chi connectivity index (χ4n) is 5.88. The average Bonchev–Trinajstić information content (AvgIpc) is 3.66. The molecular formula is C39H52N7O5P. The zero-order chi connectivity index (χ0) is 37.4. The Balaban J connectivity index is 0.00000257. The van der Waals surface area contributed by atoms with Crippen molar-refractivity contribution < 1.29 is 23.3 Å². The number of esters is 1. The first kappa shape index (κ1) is 38.9. The summed E-state index contributed by atoms with van der Waals surface area (Å²) in [6.45, 7) is 17.0. The Kier molecular flexibility index (Phi) is 13.0. The van der Waals surface area contributed by atoms with Gasteiger partial charge in [-0.15, -0.1) is 0 Å². The van der Waals surface area contributed by atoms with Crippen LogP contribution in [0.4, 0.5) is 11.8 Å². The number of hydrogen-bond donors (Lipinski definition) is 3. The Hall–Kier alpha value is -4.35. The normalized spacial score (nSPS) is 18.4. The molecule has 6 rings (SSSR count). The third-order valence-corrected chi connectivity index (χ3v) is 9.70. The minimum atomic E-state index is -1.77. The number of nitrogen functional groups attached to an aromatic ring is 1. The summed E-state index contributed by atoms with van der Waals surface area (Å²) in [5, 5.41) is 8.61. The van der Waals surface area contributed by atoms with Crippen LogP contribution in [-0.2, 0) is 25.3 Å². The van der Waals surface area contributed by atoms with Crippen molar-refractivity contribution in [2.45, 2.75) is 86.7 Å². The lowest BCUT2D eigenvalue weighted by Crippen LogP contribution is -2.35. The van der Waals surface area contributed by atoms with Crippen LogP contribution in [0.5, 0.6) is 5.75 Å². The molecule has 13 heteroatoms. The largest absolute Gasteiger partial charge is 0.464 e. The van der Waals surface area contributed by atoms with Crippen molar-refractivity contribution in [2.24, 2.45) is 11.3 Å². The van der Waals surface area contributed by atoms with Gasteiger partial charge in [0.1, 0.15) is 23.8 Å². The van der Waals surface area contributed by atoms with E-state index in [1.165, 1.54) is 0 Å². The van der Waals surface area contributed by atoms with Crippen LogP contribution in [0.2, 0.25) is 0 Å². The number of nitrogens with one attached hydrogen (secondary N) is 2. The summed E-state index contributed by atoms with van der Waals surface area (Å²) in [6.07, 6.45) is 0.117. The molecule has 1 aliphatic heterocycles. The van der Waals surface area contributed by atoms with Gasteiger partial charge in [0.25, 0.3) is 0 Å². The van der Waals surface area contributed by atoms with Crippen molar-refractivity contribution >= 4 is 48.2 Å². The van der Waals surface area contributed by atoms with Crippen molar-refractivity contribution in [1.82, 2.24) is 24.6 Å². The number of ether oxygens (including phenoxy) is 2. The molecule has 0 amide bonds. The third kappa shape index (κ3) is 9.74. The molecule has 3 aromatic carbocycles. The second kappa shape index (κ2) is 17.4. The maximum Gasteiger partial charge on any atom is 0.323 e. The summed E-state index contributed by atoms with van der Waals surface area (Å²) in [6, 6.07) is 23.3. The highest BCUT2D eigenvalue weighted by atomic mass is 31.2. The molecule has 2 aromatic heterocycles. The number of rotatable bonds is 13. The number of anilines is 2. The van der Waals surface area contributed by atoms with E-state index in [4.69, 9.17) is 29.2 Å². The summed E-state index contributed by atoms with van der Waals surface area (Å²) in [5.74, 6) is 1.86. The van der Waals surface area contributed by atoms with E-state index in [0.717, 1.165) is 28.6 Å². The van der Waals surface area contributed by atoms with Crippen molar-refractivity contribution in [2.75, 3.05) is 24.3 Å². The first-order valence-electron chi connectivity index (χ1n) is 17.9. The molecule has 5 unspecified atom stereocenters. The number of imidazole rings is 1. The van der Waals surface area contributed by atoms with Gasteiger partial charge >= 0.3 is 14.5 Å². The van der Waals surface area contributed by atoms with Gasteiger partial charge in [-0.3, -0.25) is 9.36 Å². The molecule has 12 nitrogen and oxygen atoms in total. The van der Waals surface area contributed by atoms with Crippen LogP contribution in [0, 0.1) is 18.3 Å². The zero-order valence-corrected chi connectivity index (χ0v) is 32.3. The van der Waals surface area contributed by atoms with Gasteiger partial charge in [-0.25, -0.2) is 10.1 Å². The molecule has 1 fully saturated rings. The number of fused-ring (bicyclic) bond motifs is 2. The first-order chi connectivity index (χ1) is 24.9. The second-order valence-electron chi connectivity index (χ2n) is 14.0. The number of carbonyl (C=O) groups excluding carboxylic acids is 1. The fraction of sp³-hybridized carbons (Fsp3) is 0.436. The molecule has 1 saturated heterocycles. The molecule has 1 aliphatic rings. The van der Waals surface area contributed by atoms with Crippen LogP contribution in [-0.4, -0.2) is 50.8 Å². The van der Waals surface area contributed by atoms with Crippen LogP contribution in [0.25, 0.3) is 21.9 Å². The van der Waals surface area contributed by atoms with Crippen LogP contribution < -0.4 is 20.7 Å². The number of nitrogens with zero attached hydrogens (tertiary/aromatic N) is 4. The predicted octanol–water partition coefficient (Wildman–Crippen LogP) is 8.32. The number of aryl methyl sites for hydroxylation is 1. The van der Waals surface area contributed by atoms with Crippen molar-refractivity contribution in [3.63, 3.8) is 0 Å². The van der Waals surface area contributed by atoms with Crippen molar-refractivity contribution in [1.29, 1.82) is 0 Å². The van der Waals surface area contributed by atoms with Gasteiger partial charge in [-0.05, 0) is 42.7 Å². The highest BCUT2D eigenvalue weighted by molar-refractivity contribution is 7.45. The van der Waals surface area contributed by atoms with E-state index in [1.807, 2.05) is 119 Å². The molecule has 5 aromatic rings. The Morgan fingerprint density at radius 2 is 1.75 bits per heavy atom. The van der Waals surface area contributed by atoms with Gasteiger partial charge in [0.15, 0.2) is 17.0 Å². The molecule has 5 atom stereocenters. The summed E-state index contributed by atoms with van der Waals surface area (Å²) in [7, 11) is -1.77. The summed E-state index contributed by atoms with van der Waals surface area (Å²) < 4.78 is 27.1. The maximum absolute atomic E-state index is 12.9. The standard InChI is InChI=1S/C37H46N7O5P.C2H6/c1-23-19-28(48-34(23)44-25(3)40-31-32(41-36(38)42-33(31)44)39-20-26-13-8-7-9-14-26)21-47-50(43-24(2)35(45)46-22-37(4,5)6)49-30-18-12-16-27-15-10-11-17-29(27)30;1-2/h7-18,23-24,28,34,43H,19-22H2,1-6H3,(H3,38,39,41,42);1-2H3. The SMILES string of the molecule is CC.Cc1nc2c(NCc3ccccc3)nc(N)nc2n1C1OC(COP(NC(C)C(=O)OCC(C)(C)C)Oc2cccc3ccccc23)CC1C. The highest BCUT2D eigenvalue weighted by Crippen LogP contribution is 2.42. The number of aromatic nitrogens is 4. The number of nitrogens with two attached hydrogens (primary N) is 1. The molecule has 0 radical (unpaired) electrons. The monoisotopic (exact) mass is 729 g/mol. The number of benzene rings is 3. The summed E-state index contributed by atoms with van der Waals surface area (Å²) in [4.78, 5) is 26.8. The third-order valence-electron chi connectivity index (χ3n) is 8.35. The number of hydrogen-bond acceptors (Lipinski definition) is 11. The van der Waals surface area contributed by atoms with E-state index in [1.54, 1.807) is 6.92 Å². The van der Waals surface area contributed by atoms with Gasteiger partial charge in [0.2, 0.25) is 5.95 Å². The molecule has 4 N–H and O–H groups in total. The quantitative estimate of drug-likeness (QED) is 0.0794. The molecule has 0 saturated carbocycles. The van der Waals surface area contributed by atoms with Crippen molar-refractivity contribution in [3.05, 3.63) is 84.2 Å². The number of carbonyl (C=O) groups is 1.